The topological polar surface area (TPSA) is 34.2 Å². The maximum atomic E-state index is 6.26. The molecular formula is C17H23N3. The Morgan fingerprint density at radius 2 is 2.20 bits per heavy atom. The van der Waals surface area contributed by atoms with Crippen LogP contribution in [0, 0.1) is 0 Å². The predicted molar refractivity (Wildman–Crippen MR) is 83.1 cm³/mol. The molecule has 3 heteroatoms. The van der Waals surface area contributed by atoms with Crippen LogP contribution in [0.3, 0.4) is 0 Å². The number of nitrogens with zero attached hydrogens (tertiary/aromatic N) is 2. The van der Waals surface area contributed by atoms with Crippen molar-refractivity contribution in [2.24, 2.45) is 5.73 Å². The minimum Gasteiger partial charge on any atom is -0.347 e. The lowest BCUT2D eigenvalue weighted by molar-refractivity contribution is 0.141. The molecule has 0 amide bonds. The Bertz CT molecular complexity index is 658. The number of nitrogens with two attached hydrogens (primary N) is 1. The molecule has 3 atom stereocenters. The standard InChI is InChI=1S/C17H23N3/c1-3-20-9-11-7-16-14(8-12(18)10-19(16)2)13-5-4-6-15(20)17(11)13/h4-6,9,12,14,16H,3,7-8,10,18H2,1-2H3/t12-,14?,16+/m0/s1. The van der Waals surface area contributed by atoms with E-state index < -0.39 is 0 Å². The smallest absolute Gasteiger partial charge is 0.0485 e. The minimum absolute atomic E-state index is 0.311. The lowest BCUT2D eigenvalue weighted by Crippen LogP contribution is -2.52. The van der Waals surface area contributed by atoms with Gasteiger partial charge in [0.25, 0.3) is 0 Å². The van der Waals surface area contributed by atoms with Gasteiger partial charge >= 0.3 is 0 Å². The van der Waals surface area contributed by atoms with Gasteiger partial charge in [0, 0.05) is 48.2 Å². The Labute approximate surface area is 120 Å². The normalized spacial score (nSPS) is 29.6. The van der Waals surface area contributed by atoms with E-state index in [-0.39, 0.29) is 0 Å². The Hall–Kier alpha value is -1.32. The molecule has 1 aliphatic carbocycles. The second-order valence-electron chi connectivity index (χ2n) is 6.50. The van der Waals surface area contributed by atoms with E-state index in [2.05, 4.69) is 47.8 Å². The molecule has 0 radical (unpaired) electrons. The highest BCUT2D eigenvalue weighted by Gasteiger charge is 2.38. The molecule has 0 bridgehead atoms. The highest BCUT2D eigenvalue weighted by atomic mass is 15.2. The van der Waals surface area contributed by atoms with Gasteiger partial charge in [-0.1, -0.05) is 12.1 Å². The second-order valence-corrected chi connectivity index (χ2v) is 6.50. The summed E-state index contributed by atoms with van der Waals surface area (Å²) in [6.45, 7) is 4.30. The Morgan fingerprint density at radius 1 is 1.35 bits per heavy atom. The van der Waals surface area contributed by atoms with Gasteiger partial charge in [-0.3, -0.25) is 0 Å². The molecule has 2 N–H and O–H groups in total. The van der Waals surface area contributed by atoms with Crippen LogP contribution in [-0.4, -0.2) is 35.1 Å². The fourth-order valence-corrected chi connectivity index (χ4v) is 4.42. The molecule has 1 fully saturated rings. The number of hydrogen-bond donors (Lipinski definition) is 1. The van der Waals surface area contributed by atoms with E-state index in [1.54, 1.807) is 0 Å². The molecule has 1 aromatic heterocycles. The lowest BCUT2D eigenvalue weighted by Gasteiger charge is -2.44. The lowest BCUT2D eigenvalue weighted by atomic mass is 9.74. The number of likely N-dealkylation sites (N-methyl/N-ethyl adjacent to an activating group) is 1. The molecule has 1 saturated heterocycles. The van der Waals surface area contributed by atoms with Crippen molar-refractivity contribution in [3.63, 3.8) is 0 Å². The molecule has 2 aliphatic rings. The van der Waals surface area contributed by atoms with Crippen molar-refractivity contribution < 1.29 is 0 Å². The fraction of sp³-hybridized carbons (Fsp3) is 0.529. The van der Waals surface area contributed by atoms with Crippen molar-refractivity contribution in [3.8, 4) is 0 Å². The van der Waals surface area contributed by atoms with Gasteiger partial charge in [0.2, 0.25) is 0 Å². The predicted octanol–water partition coefficient (Wildman–Crippen LogP) is 2.33. The molecule has 1 aliphatic heterocycles. The van der Waals surface area contributed by atoms with Gasteiger partial charge in [-0.2, -0.15) is 0 Å². The molecule has 2 aromatic rings. The number of piperidine rings is 1. The second kappa shape index (κ2) is 4.34. The van der Waals surface area contributed by atoms with E-state index in [0.29, 0.717) is 18.0 Å². The van der Waals surface area contributed by atoms with E-state index in [1.165, 1.54) is 28.5 Å². The van der Waals surface area contributed by atoms with Crippen LogP contribution in [0.1, 0.15) is 30.4 Å². The summed E-state index contributed by atoms with van der Waals surface area (Å²) in [6, 6.07) is 7.75. The zero-order valence-electron chi connectivity index (χ0n) is 12.3. The number of hydrogen-bond acceptors (Lipinski definition) is 2. The summed E-state index contributed by atoms with van der Waals surface area (Å²) in [5.74, 6) is 0.604. The average molecular weight is 269 g/mol. The Morgan fingerprint density at radius 3 is 3.00 bits per heavy atom. The van der Waals surface area contributed by atoms with E-state index in [1.807, 2.05) is 0 Å². The van der Waals surface area contributed by atoms with Crippen molar-refractivity contribution in [1.29, 1.82) is 0 Å². The summed E-state index contributed by atoms with van der Waals surface area (Å²) in [7, 11) is 2.23. The van der Waals surface area contributed by atoms with Crippen LogP contribution in [0.15, 0.2) is 24.4 Å². The van der Waals surface area contributed by atoms with Crippen LogP contribution in [-0.2, 0) is 13.0 Å². The van der Waals surface area contributed by atoms with Crippen LogP contribution in [0.4, 0.5) is 0 Å². The minimum atomic E-state index is 0.311. The fourth-order valence-electron chi connectivity index (χ4n) is 4.42. The Balaban J connectivity index is 1.93. The third-order valence-corrected chi connectivity index (χ3v) is 5.30. The number of likely N-dealkylation sites (tertiary alicyclic amines) is 1. The van der Waals surface area contributed by atoms with E-state index in [9.17, 15) is 0 Å². The largest absolute Gasteiger partial charge is 0.347 e. The molecule has 4 rings (SSSR count). The summed E-state index contributed by atoms with van der Waals surface area (Å²) in [4.78, 5) is 2.48. The van der Waals surface area contributed by atoms with Crippen molar-refractivity contribution in [3.05, 3.63) is 35.5 Å². The summed E-state index contributed by atoms with van der Waals surface area (Å²) in [5, 5.41) is 1.51. The van der Waals surface area contributed by atoms with Crippen molar-refractivity contribution in [2.45, 2.75) is 44.3 Å². The van der Waals surface area contributed by atoms with Gasteiger partial charge in [-0.05, 0) is 44.0 Å². The number of aromatic nitrogens is 1. The van der Waals surface area contributed by atoms with Gasteiger partial charge in [0.05, 0.1) is 0 Å². The number of aryl methyl sites for hydroxylation is 1. The van der Waals surface area contributed by atoms with Crippen molar-refractivity contribution in [2.75, 3.05) is 13.6 Å². The van der Waals surface area contributed by atoms with Gasteiger partial charge < -0.3 is 15.2 Å². The van der Waals surface area contributed by atoms with Crippen LogP contribution in [0.25, 0.3) is 10.9 Å². The first kappa shape index (κ1) is 12.4. The maximum absolute atomic E-state index is 6.26. The third kappa shape index (κ3) is 1.60. The van der Waals surface area contributed by atoms with E-state index in [0.717, 1.165) is 19.5 Å². The van der Waals surface area contributed by atoms with Crippen LogP contribution >= 0.6 is 0 Å². The molecular weight excluding hydrogens is 246 g/mol. The molecule has 1 aromatic carbocycles. The zero-order valence-corrected chi connectivity index (χ0v) is 12.3. The molecule has 106 valence electrons. The Kier molecular flexibility index (Phi) is 2.69. The van der Waals surface area contributed by atoms with Crippen molar-refractivity contribution >= 4 is 10.9 Å². The monoisotopic (exact) mass is 269 g/mol. The first-order valence-corrected chi connectivity index (χ1v) is 7.75. The number of benzene rings is 1. The first-order chi connectivity index (χ1) is 9.69. The summed E-state index contributed by atoms with van der Waals surface area (Å²) in [5.41, 5.74) is 10.7. The molecule has 1 unspecified atom stereocenters. The summed E-state index contributed by atoms with van der Waals surface area (Å²) >= 11 is 0. The SMILES string of the molecule is CCn1cc2c3c(cccc31)C1C[C@H](N)CN(C)[C@@H]1C2. The molecule has 2 heterocycles. The van der Waals surface area contributed by atoms with E-state index in [4.69, 9.17) is 5.73 Å². The van der Waals surface area contributed by atoms with Crippen LogP contribution < -0.4 is 5.73 Å². The van der Waals surface area contributed by atoms with Gasteiger partial charge in [0.15, 0.2) is 0 Å². The molecule has 0 spiro atoms. The average Bonchev–Trinajstić information content (AvgIpc) is 2.80. The quantitative estimate of drug-likeness (QED) is 0.862. The molecule has 20 heavy (non-hydrogen) atoms. The number of rotatable bonds is 1. The van der Waals surface area contributed by atoms with Gasteiger partial charge in [-0.25, -0.2) is 0 Å². The first-order valence-electron chi connectivity index (χ1n) is 7.75. The zero-order chi connectivity index (χ0) is 13.9. The summed E-state index contributed by atoms with van der Waals surface area (Å²) < 4.78 is 2.39. The maximum Gasteiger partial charge on any atom is 0.0485 e. The summed E-state index contributed by atoms with van der Waals surface area (Å²) in [6.07, 6.45) is 4.67. The van der Waals surface area contributed by atoms with Crippen LogP contribution in [0.2, 0.25) is 0 Å². The highest BCUT2D eigenvalue weighted by molar-refractivity contribution is 5.89. The van der Waals surface area contributed by atoms with Crippen LogP contribution in [0.5, 0.6) is 0 Å². The van der Waals surface area contributed by atoms with Gasteiger partial charge in [0.1, 0.15) is 0 Å². The molecule has 0 saturated carbocycles. The highest BCUT2D eigenvalue weighted by Crippen LogP contribution is 2.43. The van der Waals surface area contributed by atoms with Crippen molar-refractivity contribution in [1.82, 2.24) is 9.47 Å². The number of fused-ring (bicyclic) bond motifs is 2. The van der Waals surface area contributed by atoms with Gasteiger partial charge in [-0.15, -0.1) is 0 Å². The van der Waals surface area contributed by atoms with E-state index >= 15 is 0 Å². The molecule has 3 nitrogen and oxygen atoms in total. The third-order valence-electron chi connectivity index (χ3n) is 5.30.